The lowest BCUT2D eigenvalue weighted by Gasteiger charge is -2.27. The second-order valence-corrected chi connectivity index (χ2v) is 7.04. The highest BCUT2D eigenvalue weighted by atomic mass is 32.2. The van der Waals surface area contributed by atoms with Gasteiger partial charge in [-0.3, -0.25) is 4.79 Å². The Bertz CT molecular complexity index is 643. The SMILES string of the molecule is COc1cc(OC)c(N)c(C(=O)N2CCS(=O)(=O)CC2)c1. The molecule has 116 valence electrons. The van der Waals surface area contributed by atoms with Crippen molar-refractivity contribution in [2.24, 2.45) is 0 Å². The zero-order valence-corrected chi connectivity index (χ0v) is 12.8. The first-order valence-electron chi connectivity index (χ1n) is 6.39. The molecule has 1 aliphatic heterocycles. The molecule has 7 nitrogen and oxygen atoms in total. The van der Waals surface area contributed by atoms with Crippen molar-refractivity contribution in [3.63, 3.8) is 0 Å². The van der Waals surface area contributed by atoms with E-state index >= 15 is 0 Å². The molecule has 0 aromatic heterocycles. The second-order valence-electron chi connectivity index (χ2n) is 4.73. The number of nitrogens with two attached hydrogens (primary N) is 1. The number of hydrogen-bond donors (Lipinski definition) is 1. The van der Waals surface area contributed by atoms with E-state index < -0.39 is 9.84 Å². The highest BCUT2D eigenvalue weighted by Crippen LogP contribution is 2.32. The van der Waals surface area contributed by atoms with Crippen LogP contribution >= 0.6 is 0 Å². The summed E-state index contributed by atoms with van der Waals surface area (Å²) in [7, 11) is -0.112. The predicted molar refractivity (Wildman–Crippen MR) is 78.5 cm³/mol. The topological polar surface area (TPSA) is 98.9 Å². The van der Waals surface area contributed by atoms with Gasteiger partial charge in [0, 0.05) is 19.2 Å². The number of amides is 1. The van der Waals surface area contributed by atoms with Crippen LogP contribution in [0, 0.1) is 0 Å². The molecule has 2 rings (SSSR count). The molecular formula is C13H18N2O5S. The summed E-state index contributed by atoms with van der Waals surface area (Å²) in [6, 6.07) is 3.12. The first-order valence-corrected chi connectivity index (χ1v) is 8.21. The number of nitrogen functional groups attached to an aromatic ring is 1. The van der Waals surface area contributed by atoms with Crippen molar-refractivity contribution >= 4 is 21.4 Å². The molecule has 1 fully saturated rings. The minimum Gasteiger partial charge on any atom is -0.497 e. The number of sulfone groups is 1. The van der Waals surface area contributed by atoms with Gasteiger partial charge in [0.15, 0.2) is 9.84 Å². The molecule has 0 atom stereocenters. The Hall–Kier alpha value is -1.96. The van der Waals surface area contributed by atoms with Crippen molar-refractivity contribution in [1.82, 2.24) is 4.90 Å². The first-order chi connectivity index (χ1) is 9.88. The number of nitrogens with zero attached hydrogens (tertiary/aromatic N) is 1. The van der Waals surface area contributed by atoms with E-state index in [0.717, 1.165) is 0 Å². The summed E-state index contributed by atoms with van der Waals surface area (Å²) in [4.78, 5) is 14.0. The molecule has 0 bridgehead atoms. The molecule has 1 saturated heterocycles. The molecule has 0 aliphatic carbocycles. The van der Waals surface area contributed by atoms with Gasteiger partial charge in [-0.2, -0.15) is 0 Å². The monoisotopic (exact) mass is 314 g/mol. The molecule has 0 spiro atoms. The normalized spacial score (nSPS) is 17.3. The summed E-state index contributed by atoms with van der Waals surface area (Å²) in [6.45, 7) is 0.334. The number of ether oxygens (including phenoxy) is 2. The lowest BCUT2D eigenvalue weighted by Crippen LogP contribution is -2.43. The van der Waals surface area contributed by atoms with E-state index in [2.05, 4.69) is 0 Å². The van der Waals surface area contributed by atoms with Gasteiger partial charge in [0.2, 0.25) is 0 Å². The van der Waals surface area contributed by atoms with Gasteiger partial charge in [-0.1, -0.05) is 0 Å². The summed E-state index contributed by atoms with van der Waals surface area (Å²) in [5, 5.41) is 0. The van der Waals surface area contributed by atoms with Crippen LogP contribution in [-0.2, 0) is 9.84 Å². The highest BCUT2D eigenvalue weighted by molar-refractivity contribution is 7.91. The van der Waals surface area contributed by atoms with Gasteiger partial charge in [0.05, 0.1) is 37.0 Å². The fourth-order valence-corrected chi connectivity index (χ4v) is 3.35. The number of benzene rings is 1. The summed E-state index contributed by atoms with van der Waals surface area (Å²) < 4.78 is 33.1. The quantitative estimate of drug-likeness (QED) is 0.798. The maximum Gasteiger partial charge on any atom is 0.256 e. The summed E-state index contributed by atoms with van der Waals surface area (Å²) in [5.74, 6) is 0.426. The fourth-order valence-electron chi connectivity index (χ4n) is 2.15. The molecule has 1 aliphatic rings. The standard InChI is InChI=1S/C13H18N2O5S/c1-19-9-7-10(12(14)11(8-9)20-2)13(16)15-3-5-21(17,18)6-4-15/h7-8H,3-6,14H2,1-2H3. The highest BCUT2D eigenvalue weighted by Gasteiger charge is 2.27. The summed E-state index contributed by atoms with van der Waals surface area (Å²) >= 11 is 0. The van der Waals surface area contributed by atoms with Crippen LogP contribution < -0.4 is 15.2 Å². The lowest BCUT2D eigenvalue weighted by molar-refractivity contribution is 0.0770. The van der Waals surface area contributed by atoms with Gasteiger partial charge >= 0.3 is 0 Å². The molecule has 1 aromatic carbocycles. The van der Waals surface area contributed by atoms with Gasteiger partial charge in [-0.05, 0) is 6.07 Å². The van der Waals surface area contributed by atoms with E-state index in [4.69, 9.17) is 15.2 Å². The van der Waals surface area contributed by atoms with Crippen molar-refractivity contribution in [2.75, 3.05) is 44.5 Å². The average molecular weight is 314 g/mol. The van der Waals surface area contributed by atoms with Crippen molar-refractivity contribution in [1.29, 1.82) is 0 Å². The molecule has 0 saturated carbocycles. The average Bonchev–Trinajstić information content (AvgIpc) is 2.47. The molecule has 0 unspecified atom stereocenters. The van der Waals surface area contributed by atoms with Crippen LogP contribution in [0.4, 0.5) is 5.69 Å². The van der Waals surface area contributed by atoms with E-state index in [1.807, 2.05) is 0 Å². The Morgan fingerprint density at radius 3 is 2.33 bits per heavy atom. The number of methoxy groups -OCH3 is 2. The third-order valence-electron chi connectivity index (χ3n) is 3.43. The van der Waals surface area contributed by atoms with E-state index in [0.29, 0.717) is 11.5 Å². The minimum absolute atomic E-state index is 0.0280. The van der Waals surface area contributed by atoms with Crippen LogP contribution in [-0.4, -0.2) is 58.0 Å². The van der Waals surface area contributed by atoms with Gasteiger partial charge in [0.25, 0.3) is 5.91 Å². The lowest BCUT2D eigenvalue weighted by atomic mass is 10.1. The smallest absolute Gasteiger partial charge is 0.256 e. The summed E-state index contributed by atoms with van der Waals surface area (Å²) in [5.41, 5.74) is 6.41. The zero-order chi connectivity index (χ0) is 15.6. The third kappa shape index (κ3) is 3.21. The van der Waals surface area contributed by atoms with Gasteiger partial charge < -0.3 is 20.1 Å². The molecule has 1 heterocycles. The van der Waals surface area contributed by atoms with Gasteiger partial charge in [-0.15, -0.1) is 0 Å². The first kappa shape index (κ1) is 15.4. The van der Waals surface area contributed by atoms with E-state index in [-0.39, 0.29) is 41.8 Å². The maximum absolute atomic E-state index is 12.5. The summed E-state index contributed by atoms with van der Waals surface area (Å²) in [6.07, 6.45) is 0. The van der Waals surface area contributed by atoms with Crippen LogP contribution in [0.15, 0.2) is 12.1 Å². The Kier molecular flexibility index (Phi) is 4.26. The maximum atomic E-state index is 12.5. The largest absolute Gasteiger partial charge is 0.497 e. The third-order valence-corrected chi connectivity index (χ3v) is 5.04. The van der Waals surface area contributed by atoms with Crippen molar-refractivity contribution < 1.29 is 22.7 Å². The zero-order valence-electron chi connectivity index (χ0n) is 12.0. The predicted octanol–water partition coefficient (Wildman–Crippen LogP) is 0.157. The van der Waals surface area contributed by atoms with Crippen LogP contribution in [0.25, 0.3) is 0 Å². The Morgan fingerprint density at radius 1 is 1.19 bits per heavy atom. The number of carbonyl (C=O) groups excluding carboxylic acids is 1. The van der Waals surface area contributed by atoms with Gasteiger partial charge in [-0.25, -0.2) is 8.42 Å². The second kappa shape index (κ2) is 5.80. The molecular weight excluding hydrogens is 296 g/mol. The van der Waals surface area contributed by atoms with Crippen molar-refractivity contribution in [2.45, 2.75) is 0 Å². The Labute approximate surface area is 123 Å². The van der Waals surface area contributed by atoms with Crippen LogP contribution in [0.3, 0.4) is 0 Å². The molecule has 21 heavy (non-hydrogen) atoms. The fraction of sp³-hybridized carbons (Fsp3) is 0.462. The number of carbonyl (C=O) groups is 1. The van der Waals surface area contributed by atoms with Crippen LogP contribution in [0.2, 0.25) is 0 Å². The minimum atomic E-state index is -3.04. The number of rotatable bonds is 3. The molecule has 2 N–H and O–H groups in total. The molecule has 1 amide bonds. The van der Waals surface area contributed by atoms with Crippen molar-refractivity contribution in [3.8, 4) is 11.5 Å². The van der Waals surface area contributed by atoms with Crippen LogP contribution in [0.1, 0.15) is 10.4 Å². The van der Waals surface area contributed by atoms with Crippen LogP contribution in [0.5, 0.6) is 11.5 Å². The molecule has 1 aromatic rings. The Balaban J connectivity index is 2.31. The number of hydrogen-bond acceptors (Lipinski definition) is 6. The van der Waals surface area contributed by atoms with Gasteiger partial charge in [0.1, 0.15) is 11.5 Å². The molecule has 8 heteroatoms. The van der Waals surface area contributed by atoms with E-state index in [1.165, 1.54) is 25.2 Å². The number of anilines is 1. The van der Waals surface area contributed by atoms with Crippen molar-refractivity contribution in [3.05, 3.63) is 17.7 Å². The van der Waals surface area contributed by atoms with E-state index in [9.17, 15) is 13.2 Å². The Morgan fingerprint density at radius 2 is 1.81 bits per heavy atom. The van der Waals surface area contributed by atoms with E-state index in [1.54, 1.807) is 6.07 Å². The molecule has 0 radical (unpaired) electrons.